The van der Waals surface area contributed by atoms with Crippen molar-refractivity contribution in [1.82, 2.24) is 0 Å². The topological polar surface area (TPSA) is 0 Å². The molecule has 0 aliphatic heterocycles. The maximum Gasteiger partial charge on any atom is -1.00 e. The van der Waals surface area contributed by atoms with Gasteiger partial charge in [-0.1, -0.05) is 0 Å². The SMILES string of the molecule is CCC1=CC[C]([Zr+2][C]2=C(C)C(CC)=CC2)=C1C.[Cl-].[Cl-]. The van der Waals surface area contributed by atoms with Crippen LogP contribution in [-0.2, 0) is 23.2 Å². The van der Waals surface area contributed by atoms with Crippen LogP contribution in [-0.4, -0.2) is 0 Å². The standard InChI is InChI=1S/2C8H11.2ClH.Zr/c2*1-3-8-6-4-5-7(8)2;;;/h2*6H,3-4H2,1-2H3;2*1H;/q;;;;+2/p-2. The van der Waals surface area contributed by atoms with Crippen LogP contribution in [0.5, 0.6) is 0 Å². The number of halogens is 2. The fourth-order valence-electron chi connectivity index (χ4n) is 2.74. The Balaban J connectivity index is 0.00000162. The van der Waals surface area contributed by atoms with Crippen molar-refractivity contribution in [3.63, 3.8) is 0 Å². The van der Waals surface area contributed by atoms with Crippen LogP contribution < -0.4 is 24.8 Å². The van der Waals surface area contributed by atoms with E-state index in [1.54, 1.807) is 22.3 Å². The zero-order valence-corrected chi connectivity index (χ0v) is 16.2. The Bertz CT molecular complexity index is 411. The number of hydrogen-bond acceptors (Lipinski definition) is 0. The van der Waals surface area contributed by atoms with Crippen LogP contribution in [0.3, 0.4) is 0 Å². The first-order valence-electron chi connectivity index (χ1n) is 6.72. The fraction of sp³-hybridized carbons (Fsp3) is 0.500. The summed E-state index contributed by atoms with van der Waals surface area (Å²) >= 11 is -0.463. The molecule has 0 saturated carbocycles. The minimum absolute atomic E-state index is 0. The van der Waals surface area contributed by atoms with Crippen molar-refractivity contribution in [2.45, 2.75) is 53.4 Å². The van der Waals surface area contributed by atoms with E-state index >= 15 is 0 Å². The van der Waals surface area contributed by atoms with Gasteiger partial charge in [0, 0.05) is 0 Å². The largest absolute Gasteiger partial charge is 1.00 e. The summed E-state index contributed by atoms with van der Waals surface area (Å²) in [6.07, 6.45) is 9.88. The van der Waals surface area contributed by atoms with E-state index in [0.29, 0.717) is 0 Å². The van der Waals surface area contributed by atoms with Crippen LogP contribution in [0, 0.1) is 0 Å². The molecular weight excluding hydrogens is 354 g/mol. The van der Waals surface area contributed by atoms with Crippen LogP contribution in [0.2, 0.25) is 0 Å². The van der Waals surface area contributed by atoms with Gasteiger partial charge in [-0.15, -0.1) is 0 Å². The van der Waals surface area contributed by atoms with Crippen molar-refractivity contribution in [1.29, 1.82) is 0 Å². The van der Waals surface area contributed by atoms with E-state index in [1.807, 2.05) is 6.56 Å². The maximum absolute atomic E-state index is 2.46. The zero-order valence-electron chi connectivity index (χ0n) is 12.2. The van der Waals surface area contributed by atoms with Crippen LogP contribution in [0.15, 0.2) is 41.0 Å². The molecule has 0 atom stereocenters. The Hall–Kier alpha value is 0.423. The molecule has 2 rings (SSSR count). The Kier molecular flexibility index (Phi) is 8.85. The second-order valence-electron chi connectivity index (χ2n) is 4.91. The second-order valence-corrected chi connectivity index (χ2v) is 8.49. The molecule has 0 unspecified atom stereocenters. The first-order valence-corrected chi connectivity index (χ1v) is 9.18. The van der Waals surface area contributed by atoms with Gasteiger partial charge in [-0.05, 0) is 0 Å². The van der Waals surface area contributed by atoms with E-state index in [1.165, 1.54) is 25.7 Å². The van der Waals surface area contributed by atoms with E-state index < -0.39 is 23.2 Å². The molecule has 0 nitrogen and oxygen atoms in total. The third-order valence-corrected chi connectivity index (χ3v) is 8.37. The molecule has 0 fully saturated rings. The first-order chi connectivity index (χ1) is 8.17. The van der Waals surface area contributed by atoms with Gasteiger partial charge in [-0.25, -0.2) is 0 Å². The molecule has 0 bridgehead atoms. The van der Waals surface area contributed by atoms with Crippen LogP contribution in [0.1, 0.15) is 53.4 Å². The molecule has 0 aromatic carbocycles. The van der Waals surface area contributed by atoms with Crippen molar-refractivity contribution >= 4 is 0 Å². The normalized spacial score (nSPS) is 17.7. The van der Waals surface area contributed by atoms with Gasteiger partial charge in [-0.2, -0.15) is 0 Å². The molecule has 2 aliphatic rings. The molecule has 104 valence electrons. The smallest absolute Gasteiger partial charge is 1.00 e. The summed E-state index contributed by atoms with van der Waals surface area (Å²) in [7, 11) is 0. The van der Waals surface area contributed by atoms with Crippen molar-refractivity contribution in [2.75, 3.05) is 0 Å². The van der Waals surface area contributed by atoms with E-state index in [2.05, 4.69) is 39.8 Å². The Morgan fingerprint density at radius 3 is 1.47 bits per heavy atom. The molecule has 0 saturated heterocycles. The molecule has 2 aliphatic carbocycles. The Morgan fingerprint density at radius 1 is 0.842 bits per heavy atom. The number of allylic oxidation sites excluding steroid dienone is 8. The summed E-state index contributed by atoms with van der Waals surface area (Å²) in [6.45, 7) is 9.25. The molecule has 19 heavy (non-hydrogen) atoms. The number of hydrogen-bond donors (Lipinski definition) is 0. The van der Waals surface area contributed by atoms with Gasteiger partial charge in [0.1, 0.15) is 0 Å². The monoisotopic (exact) mass is 374 g/mol. The van der Waals surface area contributed by atoms with E-state index in [4.69, 9.17) is 0 Å². The van der Waals surface area contributed by atoms with E-state index in [9.17, 15) is 0 Å². The first kappa shape index (κ1) is 19.4. The third kappa shape index (κ3) is 4.19. The van der Waals surface area contributed by atoms with Crippen molar-refractivity contribution in [2.24, 2.45) is 0 Å². The maximum atomic E-state index is 2.46. The second kappa shape index (κ2) is 8.65. The van der Waals surface area contributed by atoms with Crippen LogP contribution in [0.4, 0.5) is 0 Å². The quantitative estimate of drug-likeness (QED) is 0.597. The molecule has 0 aromatic heterocycles. The summed E-state index contributed by atoms with van der Waals surface area (Å²) in [4.78, 5) is 0. The molecule has 0 radical (unpaired) electrons. The minimum atomic E-state index is -0.463. The van der Waals surface area contributed by atoms with Crippen LogP contribution in [0.25, 0.3) is 0 Å². The number of rotatable bonds is 4. The summed E-state index contributed by atoms with van der Waals surface area (Å²) in [5.74, 6) is 0. The summed E-state index contributed by atoms with van der Waals surface area (Å²) < 4.78 is 3.65. The zero-order chi connectivity index (χ0) is 12.4. The molecule has 0 aromatic rings. The van der Waals surface area contributed by atoms with Crippen molar-refractivity contribution < 1.29 is 48.0 Å². The molecule has 0 spiro atoms. The van der Waals surface area contributed by atoms with E-state index in [-0.39, 0.29) is 24.8 Å². The molecule has 3 heteroatoms. The van der Waals surface area contributed by atoms with Gasteiger partial charge in [0.15, 0.2) is 0 Å². The predicted molar refractivity (Wildman–Crippen MR) is 71.4 cm³/mol. The van der Waals surface area contributed by atoms with Gasteiger partial charge in [0.05, 0.1) is 0 Å². The van der Waals surface area contributed by atoms with Crippen LogP contribution >= 0.6 is 0 Å². The molecule has 0 amide bonds. The third-order valence-electron chi connectivity index (χ3n) is 4.04. The van der Waals surface area contributed by atoms with Crippen molar-refractivity contribution in [3.05, 3.63) is 41.0 Å². The van der Waals surface area contributed by atoms with E-state index in [0.717, 1.165) is 0 Å². The summed E-state index contributed by atoms with van der Waals surface area (Å²) in [5.41, 5.74) is 6.51. The average Bonchev–Trinajstić information content (AvgIpc) is 2.85. The molecule has 0 heterocycles. The van der Waals surface area contributed by atoms with Gasteiger partial charge < -0.3 is 24.8 Å². The Morgan fingerprint density at radius 2 is 1.21 bits per heavy atom. The fourth-order valence-corrected chi connectivity index (χ4v) is 6.35. The average molecular weight is 376 g/mol. The Labute approximate surface area is 141 Å². The summed E-state index contributed by atoms with van der Waals surface area (Å²) in [5, 5.41) is 0. The molecular formula is C16H22Cl2Zr. The van der Waals surface area contributed by atoms with Gasteiger partial charge in [0.25, 0.3) is 0 Å². The minimum Gasteiger partial charge on any atom is -1.00 e. The summed E-state index contributed by atoms with van der Waals surface area (Å²) in [6, 6.07) is 0. The predicted octanol–water partition coefficient (Wildman–Crippen LogP) is -0.895. The van der Waals surface area contributed by atoms with Gasteiger partial charge in [-0.3, -0.25) is 0 Å². The molecule has 0 N–H and O–H groups in total. The van der Waals surface area contributed by atoms with Crippen molar-refractivity contribution in [3.8, 4) is 0 Å². The van der Waals surface area contributed by atoms with Gasteiger partial charge >= 0.3 is 118 Å². The van der Waals surface area contributed by atoms with Gasteiger partial charge in [0.2, 0.25) is 0 Å².